The number of esters is 1. The molecule has 136 valence electrons. The number of aryl methyl sites for hydroxylation is 1. The number of nitrogens with zero attached hydrogens (tertiary/aromatic N) is 5. The first kappa shape index (κ1) is 18.4. The minimum absolute atomic E-state index is 0.0738. The van der Waals surface area contributed by atoms with E-state index in [2.05, 4.69) is 15.5 Å². The second-order valence-electron chi connectivity index (χ2n) is 5.48. The third-order valence-electron chi connectivity index (χ3n) is 3.66. The quantitative estimate of drug-likeness (QED) is 0.492. The van der Waals surface area contributed by atoms with Crippen LogP contribution in [0.15, 0.2) is 36.7 Å². The standard InChI is InChI=1S/C18H14ClN5O3/c1-3-26-16-8-12(9-20)7-14(19)17(16)27-18(25)13-4-5-15(11(2)6-13)24-10-21-22-23-24/h4-8,10H,3H2,1-2H3. The van der Waals surface area contributed by atoms with Gasteiger partial charge in [-0.05, 0) is 54.1 Å². The maximum atomic E-state index is 12.6. The number of aromatic nitrogens is 4. The van der Waals surface area contributed by atoms with E-state index in [9.17, 15) is 4.79 Å². The number of nitriles is 1. The van der Waals surface area contributed by atoms with Crippen molar-refractivity contribution < 1.29 is 14.3 Å². The predicted molar refractivity (Wildman–Crippen MR) is 96.2 cm³/mol. The Balaban J connectivity index is 1.90. The highest BCUT2D eigenvalue weighted by molar-refractivity contribution is 6.32. The molecule has 0 saturated heterocycles. The monoisotopic (exact) mass is 383 g/mol. The van der Waals surface area contributed by atoms with Crippen molar-refractivity contribution in [2.45, 2.75) is 13.8 Å². The number of rotatable bonds is 5. The van der Waals surface area contributed by atoms with Crippen LogP contribution < -0.4 is 9.47 Å². The molecule has 1 aromatic heterocycles. The van der Waals surface area contributed by atoms with E-state index in [0.29, 0.717) is 17.7 Å². The molecule has 0 aliphatic heterocycles. The van der Waals surface area contributed by atoms with E-state index in [0.717, 1.165) is 11.3 Å². The number of ether oxygens (including phenoxy) is 2. The van der Waals surface area contributed by atoms with E-state index < -0.39 is 5.97 Å². The molecule has 0 spiro atoms. The zero-order chi connectivity index (χ0) is 19.4. The topological polar surface area (TPSA) is 103 Å². The van der Waals surface area contributed by atoms with E-state index in [1.54, 1.807) is 25.1 Å². The molecular weight excluding hydrogens is 370 g/mol. The predicted octanol–water partition coefficient (Wildman–Crippen LogP) is 3.11. The molecule has 0 saturated carbocycles. The molecular formula is C18H14ClN5O3. The molecule has 0 unspecified atom stereocenters. The second kappa shape index (κ2) is 7.85. The molecule has 1 heterocycles. The summed E-state index contributed by atoms with van der Waals surface area (Å²) in [5, 5.41) is 20.2. The first-order valence-electron chi connectivity index (χ1n) is 7.96. The Morgan fingerprint density at radius 2 is 2.15 bits per heavy atom. The summed E-state index contributed by atoms with van der Waals surface area (Å²) < 4.78 is 12.4. The Morgan fingerprint density at radius 3 is 2.78 bits per heavy atom. The van der Waals surface area contributed by atoms with Gasteiger partial charge < -0.3 is 9.47 Å². The molecule has 0 radical (unpaired) electrons. The van der Waals surface area contributed by atoms with Gasteiger partial charge in [0.25, 0.3) is 0 Å². The zero-order valence-electron chi connectivity index (χ0n) is 14.5. The molecule has 0 aliphatic rings. The average molecular weight is 384 g/mol. The molecule has 0 aliphatic carbocycles. The van der Waals surface area contributed by atoms with Crippen molar-refractivity contribution in [2.75, 3.05) is 6.61 Å². The average Bonchev–Trinajstić information content (AvgIpc) is 3.18. The number of carbonyl (C=O) groups is 1. The first-order chi connectivity index (χ1) is 13.0. The van der Waals surface area contributed by atoms with Crippen LogP contribution in [0.1, 0.15) is 28.4 Å². The van der Waals surface area contributed by atoms with Gasteiger partial charge in [-0.3, -0.25) is 0 Å². The van der Waals surface area contributed by atoms with Gasteiger partial charge in [0.15, 0.2) is 11.5 Å². The summed E-state index contributed by atoms with van der Waals surface area (Å²) in [7, 11) is 0. The fourth-order valence-corrected chi connectivity index (χ4v) is 2.71. The summed E-state index contributed by atoms with van der Waals surface area (Å²) in [6.45, 7) is 3.93. The SMILES string of the molecule is CCOc1cc(C#N)cc(Cl)c1OC(=O)c1ccc(-n2cnnn2)c(C)c1. The van der Waals surface area contributed by atoms with Gasteiger partial charge in [0.05, 0.1) is 34.5 Å². The number of tetrazole rings is 1. The number of hydrogen-bond donors (Lipinski definition) is 0. The van der Waals surface area contributed by atoms with Gasteiger partial charge in [-0.1, -0.05) is 11.6 Å². The minimum Gasteiger partial charge on any atom is -0.490 e. The van der Waals surface area contributed by atoms with Crippen LogP contribution in [0.4, 0.5) is 0 Å². The third kappa shape index (κ3) is 3.88. The molecule has 0 N–H and O–H groups in total. The summed E-state index contributed by atoms with van der Waals surface area (Å²) in [5.74, 6) is -0.296. The van der Waals surface area contributed by atoms with Gasteiger partial charge >= 0.3 is 5.97 Å². The van der Waals surface area contributed by atoms with Gasteiger partial charge in [0.1, 0.15) is 6.33 Å². The number of carbonyl (C=O) groups excluding carboxylic acids is 1. The van der Waals surface area contributed by atoms with Gasteiger partial charge in [-0.15, -0.1) is 5.10 Å². The Labute approximate surface area is 159 Å². The normalized spacial score (nSPS) is 10.3. The van der Waals surface area contributed by atoms with E-state index in [-0.39, 0.29) is 16.5 Å². The summed E-state index contributed by atoms with van der Waals surface area (Å²) in [6, 6.07) is 9.85. The molecule has 3 aromatic rings. The van der Waals surface area contributed by atoms with Crippen molar-refractivity contribution in [1.82, 2.24) is 20.2 Å². The van der Waals surface area contributed by atoms with Crippen LogP contribution in [-0.4, -0.2) is 32.8 Å². The lowest BCUT2D eigenvalue weighted by Gasteiger charge is -2.13. The Bertz CT molecular complexity index is 1030. The molecule has 0 fully saturated rings. The van der Waals surface area contributed by atoms with Crippen LogP contribution >= 0.6 is 11.6 Å². The van der Waals surface area contributed by atoms with Crippen molar-refractivity contribution >= 4 is 17.6 Å². The molecule has 8 nitrogen and oxygen atoms in total. The third-order valence-corrected chi connectivity index (χ3v) is 3.94. The first-order valence-corrected chi connectivity index (χ1v) is 8.34. The van der Waals surface area contributed by atoms with E-state index in [4.69, 9.17) is 26.3 Å². The van der Waals surface area contributed by atoms with Gasteiger partial charge in [-0.2, -0.15) is 5.26 Å². The molecule has 0 atom stereocenters. The van der Waals surface area contributed by atoms with Crippen LogP contribution in [0, 0.1) is 18.3 Å². The second-order valence-corrected chi connectivity index (χ2v) is 5.88. The Morgan fingerprint density at radius 1 is 1.33 bits per heavy atom. The lowest BCUT2D eigenvalue weighted by molar-refractivity contribution is 0.0728. The van der Waals surface area contributed by atoms with Crippen molar-refractivity contribution in [3.8, 4) is 23.3 Å². The summed E-state index contributed by atoms with van der Waals surface area (Å²) in [5.41, 5.74) is 2.16. The van der Waals surface area contributed by atoms with Crippen LogP contribution in [-0.2, 0) is 0 Å². The highest BCUT2D eigenvalue weighted by atomic mass is 35.5. The largest absolute Gasteiger partial charge is 0.490 e. The van der Waals surface area contributed by atoms with E-state index in [1.165, 1.54) is 23.1 Å². The van der Waals surface area contributed by atoms with E-state index >= 15 is 0 Å². The summed E-state index contributed by atoms with van der Waals surface area (Å²) >= 11 is 6.17. The number of hydrogen-bond acceptors (Lipinski definition) is 7. The molecule has 27 heavy (non-hydrogen) atoms. The minimum atomic E-state index is -0.603. The van der Waals surface area contributed by atoms with Crippen molar-refractivity contribution in [3.05, 3.63) is 58.4 Å². The summed E-state index contributed by atoms with van der Waals surface area (Å²) in [4.78, 5) is 12.6. The smallest absolute Gasteiger partial charge is 0.343 e. The van der Waals surface area contributed by atoms with Crippen LogP contribution in [0.2, 0.25) is 5.02 Å². The lowest BCUT2D eigenvalue weighted by atomic mass is 10.1. The molecule has 9 heteroatoms. The maximum absolute atomic E-state index is 12.6. The van der Waals surface area contributed by atoms with Crippen LogP contribution in [0.25, 0.3) is 5.69 Å². The van der Waals surface area contributed by atoms with Crippen molar-refractivity contribution in [3.63, 3.8) is 0 Å². The van der Waals surface area contributed by atoms with Crippen molar-refractivity contribution in [2.24, 2.45) is 0 Å². The van der Waals surface area contributed by atoms with Crippen molar-refractivity contribution in [1.29, 1.82) is 5.26 Å². The van der Waals surface area contributed by atoms with Gasteiger partial charge in [0.2, 0.25) is 0 Å². The number of benzene rings is 2. The Hall–Kier alpha value is -3.44. The highest BCUT2D eigenvalue weighted by Crippen LogP contribution is 2.37. The molecule has 0 bridgehead atoms. The zero-order valence-corrected chi connectivity index (χ0v) is 15.3. The van der Waals surface area contributed by atoms with Crippen LogP contribution in [0.3, 0.4) is 0 Å². The Kier molecular flexibility index (Phi) is 5.33. The lowest BCUT2D eigenvalue weighted by Crippen LogP contribution is -2.11. The molecule has 3 rings (SSSR count). The molecule has 0 amide bonds. The van der Waals surface area contributed by atoms with Gasteiger partial charge in [0, 0.05) is 6.07 Å². The van der Waals surface area contributed by atoms with Crippen LogP contribution in [0.5, 0.6) is 11.5 Å². The van der Waals surface area contributed by atoms with Gasteiger partial charge in [-0.25, -0.2) is 9.48 Å². The fourth-order valence-electron chi connectivity index (χ4n) is 2.46. The molecule has 2 aromatic carbocycles. The maximum Gasteiger partial charge on any atom is 0.343 e. The summed E-state index contributed by atoms with van der Waals surface area (Å²) in [6.07, 6.45) is 1.46. The highest BCUT2D eigenvalue weighted by Gasteiger charge is 2.18. The number of halogens is 1. The fraction of sp³-hybridized carbons (Fsp3) is 0.167. The van der Waals surface area contributed by atoms with E-state index in [1.807, 2.05) is 13.0 Å².